The molecule has 0 spiro atoms. The van der Waals surface area contributed by atoms with Gasteiger partial charge in [0.15, 0.2) is 5.82 Å². The first-order valence-electron chi connectivity index (χ1n) is 4.68. The van der Waals surface area contributed by atoms with Crippen LogP contribution >= 0.6 is 0 Å². The molecule has 2 N–H and O–H groups in total. The maximum absolute atomic E-state index is 11.7. The largest absolute Gasteiger partial charge is 0.396 e. The van der Waals surface area contributed by atoms with E-state index in [1.165, 1.54) is 0 Å². The number of hydrogen-bond donors (Lipinski definition) is 1. The third-order valence-electron chi connectivity index (χ3n) is 2.39. The number of amides is 1. The van der Waals surface area contributed by atoms with Crippen LogP contribution in [0.4, 0.5) is 11.5 Å². The maximum Gasteiger partial charge on any atom is 0.231 e. The average Bonchev–Trinajstić information content (AvgIpc) is 3.00. The second-order valence-corrected chi connectivity index (χ2v) is 3.59. The van der Waals surface area contributed by atoms with Crippen LogP contribution in [0.15, 0.2) is 18.3 Å². The molecular weight excluding hydrogens is 178 g/mol. The molecule has 0 saturated heterocycles. The molecule has 1 amide bonds. The smallest absolute Gasteiger partial charge is 0.231 e. The van der Waals surface area contributed by atoms with Gasteiger partial charge >= 0.3 is 0 Å². The Morgan fingerprint density at radius 1 is 1.64 bits per heavy atom. The van der Waals surface area contributed by atoms with Gasteiger partial charge in [0.1, 0.15) is 0 Å². The van der Waals surface area contributed by atoms with Crippen LogP contribution in [0, 0.1) is 5.92 Å². The van der Waals surface area contributed by atoms with E-state index < -0.39 is 0 Å². The Morgan fingerprint density at radius 3 is 2.93 bits per heavy atom. The monoisotopic (exact) mass is 191 g/mol. The fourth-order valence-electron chi connectivity index (χ4n) is 1.40. The first-order chi connectivity index (χ1) is 6.70. The summed E-state index contributed by atoms with van der Waals surface area (Å²) in [5.41, 5.74) is 6.27. The molecule has 74 valence electrons. The quantitative estimate of drug-likeness (QED) is 0.759. The molecule has 0 aliphatic heterocycles. The second kappa shape index (κ2) is 3.29. The number of aromatic nitrogens is 1. The van der Waals surface area contributed by atoms with Gasteiger partial charge in [-0.05, 0) is 25.0 Å². The molecular formula is C10H13N3O. The van der Waals surface area contributed by atoms with Gasteiger partial charge in [-0.3, -0.25) is 9.69 Å². The molecule has 1 fully saturated rings. The summed E-state index contributed by atoms with van der Waals surface area (Å²) in [5, 5.41) is 0. The first kappa shape index (κ1) is 8.99. The molecule has 0 aromatic carbocycles. The van der Waals surface area contributed by atoms with Crippen molar-refractivity contribution in [3.05, 3.63) is 18.3 Å². The van der Waals surface area contributed by atoms with E-state index in [-0.39, 0.29) is 11.8 Å². The van der Waals surface area contributed by atoms with Crippen molar-refractivity contribution >= 4 is 17.4 Å². The minimum absolute atomic E-state index is 0.121. The maximum atomic E-state index is 11.7. The Bertz CT molecular complexity index is 360. The summed E-state index contributed by atoms with van der Waals surface area (Å²) in [6.45, 7) is 0. The average molecular weight is 191 g/mol. The van der Waals surface area contributed by atoms with Crippen LogP contribution in [0.1, 0.15) is 12.8 Å². The molecule has 1 saturated carbocycles. The van der Waals surface area contributed by atoms with Crippen molar-refractivity contribution in [1.82, 2.24) is 4.98 Å². The van der Waals surface area contributed by atoms with Crippen molar-refractivity contribution in [3.63, 3.8) is 0 Å². The van der Waals surface area contributed by atoms with E-state index in [0.717, 1.165) is 12.8 Å². The minimum Gasteiger partial charge on any atom is -0.396 e. The second-order valence-electron chi connectivity index (χ2n) is 3.59. The highest BCUT2D eigenvalue weighted by Gasteiger charge is 2.33. The molecule has 4 heteroatoms. The Hall–Kier alpha value is -1.58. The number of nitrogens with two attached hydrogens (primary N) is 1. The minimum atomic E-state index is 0.121. The Labute approximate surface area is 82.7 Å². The summed E-state index contributed by atoms with van der Waals surface area (Å²) >= 11 is 0. The van der Waals surface area contributed by atoms with Gasteiger partial charge < -0.3 is 5.73 Å². The zero-order chi connectivity index (χ0) is 10.1. The molecule has 14 heavy (non-hydrogen) atoms. The third-order valence-corrected chi connectivity index (χ3v) is 2.39. The van der Waals surface area contributed by atoms with Crippen molar-refractivity contribution in [1.29, 1.82) is 0 Å². The number of carbonyl (C=O) groups is 1. The van der Waals surface area contributed by atoms with Gasteiger partial charge in [-0.1, -0.05) is 0 Å². The van der Waals surface area contributed by atoms with E-state index >= 15 is 0 Å². The number of nitrogen functional groups attached to an aromatic ring is 1. The summed E-state index contributed by atoms with van der Waals surface area (Å²) in [6, 6.07) is 3.51. The lowest BCUT2D eigenvalue weighted by molar-refractivity contribution is -0.119. The number of anilines is 2. The van der Waals surface area contributed by atoms with Crippen molar-refractivity contribution in [2.45, 2.75) is 12.8 Å². The molecule has 0 bridgehead atoms. The zero-order valence-corrected chi connectivity index (χ0v) is 8.10. The summed E-state index contributed by atoms with van der Waals surface area (Å²) < 4.78 is 0. The lowest BCUT2D eigenvalue weighted by Gasteiger charge is -2.17. The standard InChI is InChI=1S/C10H13N3O/c1-13(10(14)7-4-5-7)9-8(11)3-2-6-12-9/h2-3,6-7H,4-5,11H2,1H3. The molecule has 4 nitrogen and oxygen atoms in total. The molecule has 0 unspecified atom stereocenters. The van der Waals surface area contributed by atoms with E-state index in [1.807, 2.05) is 0 Å². The van der Waals surface area contributed by atoms with Gasteiger partial charge in [-0.25, -0.2) is 4.98 Å². The van der Waals surface area contributed by atoms with Gasteiger partial charge in [-0.2, -0.15) is 0 Å². The molecule has 0 radical (unpaired) electrons. The Balaban J connectivity index is 2.21. The fraction of sp³-hybridized carbons (Fsp3) is 0.400. The molecule has 1 aromatic heterocycles. The van der Waals surface area contributed by atoms with Crippen LogP contribution in [0.5, 0.6) is 0 Å². The number of nitrogens with zero attached hydrogens (tertiary/aromatic N) is 2. The summed E-state index contributed by atoms with van der Waals surface area (Å²) in [7, 11) is 1.72. The first-order valence-corrected chi connectivity index (χ1v) is 4.68. The molecule has 1 aliphatic rings. The van der Waals surface area contributed by atoms with E-state index in [4.69, 9.17) is 5.73 Å². The molecule has 0 atom stereocenters. The topological polar surface area (TPSA) is 59.2 Å². The van der Waals surface area contributed by atoms with Crippen molar-refractivity contribution in [2.24, 2.45) is 5.92 Å². The predicted molar refractivity (Wildman–Crippen MR) is 54.8 cm³/mol. The number of carbonyl (C=O) groups excluding carboxylic acids is 1. The lowest BCUT2D eigenvalue weighted by Crippen LogP contribution is -2.29. The molecule has 1 aromatic rings. The van der Waals surface area contributed by atoms with Crippen molar-refractivity contribution in [2.75, 3.05) is 17.7 Å². The van der Waals surface area contributed by atoms with Gasteiger partial charge in [0.2, 0.25) is 5.91 Å². The Kier molecular flexibility index (Phi) is 2.11. The van der Waals surface area contributed by atoms with Crippen LogP contribution in [-0.4, -0.2) is 17.9 Å². The van der Waals surface area contributed by atoms with Crippen LogP contribution in [0.25, 0.3) is 0 Å². The number of hydrogen-bond acceptors (Lipinski definition) is 3. The number of pyridine rings is 1. The number of rotatable bonds is 2. The highest BCUT2D eigenvalue weighted by molar-refractivity contribution is 5.97. The molecule has 1 heterocycles. The highest BCUT2D eigenvalue weighted by atomic mass is 16.2. The highest BCUT2D eigenvalue weighted by Crippen LogP contribution is 2.32. The SMILES string of the molecule is CN(C(=O)C1CC1)c1ncccc1N. The van der Waals surface area contributed by atoms with Crippen LogP contribution < -0.4 is 10.6 Å². The lowest BCUT2D eigenvalue weighted by atomic mass is 10.3. The normalized spacial score (nSPS) is 15.2. The van der Waals surface area contributed by atoms with E-state index in [9.17, 15) is 4.79 Å². The van der Waals surface area contributed by atoms with E-state index in [0.29, 0.717) is 11.5 Å². The van der Waals surface area contributed by atoms with Crippen LogP contribution in [0.3, 0.4) is 0 Å². The van der Waals surface area contributed by atoms with Crippen molar-refractivity contribution in [3.8, 4) is 0 Å². The van der Waals surface area contributed by atoms with Gasteiger partial charge in [-0.15, -0.1) is 0 Å². The fourth-order valence-corrected chi connectivity index (χ4v) is 1.40. The summed E-state index contributed by atoms with van der Waals surface area (Å²) in [4.78, 5) is 17.3. The summed E-state index contributed by atoms with van der Waals surface area (Å²) in [5.74, 6) is 0.876. The zero-order valence-electron chi connectivity index (χ0n) is 8.10. The molecule has 1 aliphatic carbocycles. The predicted octanol–water partition coefficient (Wildman–Crippen LogP) is 1.04. The van der Waals surface area contributed by atoms with E-state index in [2.05, 4.69) is 4.98 Å². The molecule has 2 rings (SSSR count). The van der Waals surface area contributed by atoms with Crippen molar-refractivity contribution < 1.29 is 4.79 Å². The van der Waals surface area contributed by atoms with Crippen LogP contribution in [0.2, 0.25) is 0 Å². The Morgan fingerprint density at radius 2 is 2.36 bits per heavy atom. The van der Waals surface area contributed by atoms with Gasteiger partial charge in [0, 0.05) is 19.2 Å². The summed E-state index contributed by atoms with van der Waals surface area (Å²) in [6.07, 6.45) is 3.63. The van der Waals surface area contributed by atoms with Gasteiger partial charge in [0.05, 0.1) is 5.69 Å². The van der Waals surface area contributed by atoms with Gasteiger partial charge in [0.25, 0.3) is 0 Å². The van der Waals surface area contributed by atoms with E-state index in [1.54, 1.807) is 30.3 Å². The van der Waals surface area contributed by atoms with Crippen LogP contribution in [-0.2, 0) is 4.79 Å². The third kappa shape index (κ3) is 1.55.